The first-order valence-electron chi connectivity index (χ1n) is 18.2. The Hall–Kier alpha value is -5.49. The third-order valence-corrected chi connectivity index (χ3v) is 10.2. The average Bonchev–Trinajstić information content (AvgIpc) is 3.20. The van der Waals surface area contributed by atoms with Gasteiger partial charge in [-0.25, -0.2) is 18.2 Å². The molecule has 2 saturated heterocycles. The average molecular weight is 739 g/mol. The van der Waals surface area contributed by atoms with Crippen molar-refractivity contribution in [1.29, 1.82) is 0 Å². The molecular formula is C42H45F3N6O3. The van der Waals surface area contributed by atoms with Crippen LogP contribution in [0.4, 0.5) is 19.0 Å². The van der Waals surface area contributed by atoms with Gasteiger partial charge in [0.2, 0.25) is 17.7 Å². The van der Waals surface area contributed by atoms with Gasteiger partial charge in [0.1, 0.15) is 11.9 Å². The molecule has 2 aliphatic heterocycles. The van der Waals surface area contributed by atoms with Gasteiger partial charge in [-0.3, -0.25) is 19.3 Å². The van der Waals surface area contributed by atoms with E-state index in [1.807, 2.05) is 60.7 Å². The van der Waals surface area contributed by atoms with Crippen molar-refractivity contribution < 1.29 is 27.6 Å². The van der Waals surface area contributed by atoms with E-state index in [0.29, 0.717) is 57.9 Å². The van der Waals surface area contributed by atoms with Crippen LogP contribution in [-0.2, 0) is 33.9 Å². The Morgan fingerprint density at radius 2 is 1.41 bits per heavy atom. The summed E-state index contributed by atoms with van der Waals surface area (Å²) in [5.41, 5.74) is 2.60. The third kappa shape index (κ3) is 9.35. The second kappa shape index (κ2) is 17.6. The maximum atomic E-state index is 14.6. The molecule has 0 radical (unpaired) electrons. The number of carbonyl (C=O) groups excluding carboxylic acids is 3. The number of piperazine rings is 2. The summed E-state index contributed by atoms with van der Waals surface area (Å²) in [5.74, 6) is -4.25. The summed E-state index contributed by atoms with van der Waals surface area (Å²) in [5, 5.41) is 0. The first kappa shape index (κ1) is 38.2. The van der Waals surface area contributed by atoms with Crippen LogP contribution in [0.25, 0.3) is 6.08 Å². The van der Waals surface area contributed by atoms with E-state index < -0.39 is 29.4 Å². The summed E-state index contributed by atoms with van der Waals surface area (Å²) in [4.78, 5) is 54.8. The van der Waals surface area contributed by atoms with Crippen molar-refractivity contribution in [2.45, 2.75) is 39.4 Å². The first-order chi connectivity index (χ1) is 26.1. The van der Waals surface area contributed by atoms with Crippen LogP contribution in [0.5, 0.6) is 0 Å². The van der Waals surface area contributed by atoms with Gasteiger partial charge in [0, 0.05) is 91.1 Å². The number of amides is 3. The minimum atomic E-state index is -1.58. The molecule has 0 N–H and O–H groups in total. The molecule has 1 atom stereocenters. The number of rotatable bonds is 11. The quantitative estimate of drug-likeness (QED) is 0.150. The molecule has 0 spiro atoms. The molecule has 9 nitrogen and oxygen atoms in total. The highest BCUT2D eigenvalue weighted by Gasteiger charge is 2.34. The highest BCUT2D eigenvalue weighted by Crippen LogP contribution is 2.23. The summed E-state index contributed by atoms with van der Waals surface area (Å²) in [6.07, 6.45) is 4.34. The Balaban J connectivity index is 1.28. The molecule has 3 heterocycles. The fraction of sp³-hybridized carbons (Fsp3) is 0.333. The van der Waals surface area contributed by atoms with E-state index in [1.165, 1.54) is 29.5 Å². The van der Waals surface area contributed by atoms with Gasteiger partial charge in [-0.2, -0.15) is 0 Å². The summed E-state index contributed by atoms with van der Waals surface area (Å²) in [6.45, 7) is 8.42. The van der Waals surface area contributed by atoms with E-state index in [-0.39, 0.29) is 35.9 Å². The molecule has 3 aromatic carbocycles. The number of halogens is 3. The van der Waals surface area contributed by atoms with Crippen LogP contribution in [0.3, 0.4) is 0 Å². The Labute approximate surface area is 314 Å². The minimum Gasteiger partial charge on any atom is -0.353 e. The first-order valence-corrected chi connectivity index (χ1v) is 18.2. The van der Waals surface area contributed by atoms with Gasteiger partial charge in [0.05, 0.1) is 0 Å². The second-order valence-electron chi connectivity index (χ2n) is 13.8. The van der Waals surface area contributed by atoms with Crippen LogP contribution in [0.1, 0.15) is 34.7 Å². The van der Waals surface area contributed by atoms with E-state index in [0.717, 1.165) is 24.0 Å². The van der Waals surface area contributed by atoms with Gasteiger partial charge in [-0.15, -0.1) is 0 Å². The smallest absolute Gasteiger partial charge is 0.247 e. The van der Waals surface area contributed by atoms with Gasteiger partial charge < -0.3 is 19.6 Å². The monoisotopic (exact) mass is 738 g/mol. The maximum absolute atomic E-state index is 14.6. The molecule has 4 aromatic rings. The Morgan fingerprint density at radius 1 is 0.778 bits per heavy atom. The van der Waals surface area contributed by atoms with Crippen LogP contribution in [-0.4, -0.2) is 101 Å². The van der Waals surface area contributed by atoms with E-state index in [1.54, 1.807) is 22.9 Å². The number of carbonyl (C=O) groups is 3. The molecule has 12 heteroatoms. The van der Waals surface area contributed by atoms with Gasteiger partial charge in [-0.1, -0.05) is 66.7 Å². The molecular weight excluding hydrogens is 693 g/mol. The topological polar surface area (TPSA) is 80.3 Å². The van der Waals surface area contributed by atoms with Crippen molar-refractivity contribution in [3.8, 4) is 0 Å². The summed E-state index contributed by atoms with van der Waals surface area (Å²) < 4.78 is 42.6. The molecule has 2 aliphatic rings. The van der Waals surface area contributed by atoms with Gasteiger partial charge >= 0.3 is 0 Å². The van der Waals surface area contributed by atoms with Crippen molar-refractivity contribution in [1.82, 2.24) is 24.6 Å². The lowest BCUT2D eigenvalue weighted by Gasteiger charge is -2.39. The molecule has 0 bridgehead atoms. The lowest BCUT2D eigenvalue weighted by Crippen LogP contribution is -2.56. The largest absolute Gasteiger partial charge is 0.353 e. The number of anilines is 1. The molecule has 2 fully saturated rings. The predicted octanol–water partition coefficient (Wildman–Crippen LogP) is 5.47. The SMILES string of the molecule is CC(=O)N1CCN(c2ccc(CN(C(=O)/C=C/c3cc(F)c(F)c(F)c3C)[C@@H](Cc3ccccc3)C(=O)N3CCN(Cc4ccccc4)CC3)cn2)CC1. The Bertz CT molecular complexity index is 1950. The highest BCUT2D eigenvalue weighted by atomic mass is 19.2. The number of hydrogen-bond donors (Lipinski definition) is 0. The number of nitrogens with zero attached hydrogens (tertiary/aromatic N) is 6. The van der Waals surface area contributed by atoms with Crippen molar-refractivity contribution in [3.05, 3.63) is 136 Å². The van der Waals surface area contributed by atoms with Crippen LogP contribution in [0.15, 0.2) is 91.1 Å². The molecule has 3 amide bonds. The summed E-state index contributed by atoms with van der Waals surface area (Å²) >= 11 is 0. The number of pyridine rings is 1. The predicted molar refractivity (Wildman–Crippen MR) is 202 cm³/mol. The van der Waals surface area contributed by atoms with Crippen LogP contribution >= 0.6 is 0 Å². The second-order valence-corrected chi connectivity index (χ2v) is 13.8. The lowest BCUT2D eigenvalue weighted by molar-refractivity contribution is -0.145. The zero-order chi connectivity index (χ0) is 38.2. The molecule has 6 rings (SSSR count). The molecule has 1 aromatic heterocycles. The van der Waals surface area contributed by atoms with E-state index in [4.69, 9.17) is 0 Å². The normalized spacial score (nSPS) is 15.8. The van der Waals surface area contributed by atoms with Crippen LogP contribution in [0.2, 0.25) is 0 Å². The van der Waals surface area contributed by atoms with Gasteiger partial charge in [-0.05, 0) is 52.9 Å². The van der Waals surface area contributed by atoms with Crippen LogP contribution < -0.4 is 4.90 Å². The molecule has 0 unspecified atom stereocenters. The molecule has 282 valence electrons. The number of aromatic nitrogens is 1. The van der Waals surface area contributed by atoms with E-state index in [2.05, 4.69) is 26.9 Å². The number of benzene rings is 3. The summed E-state index contributed by atoms with van der Waals surface area (Å²) in [6, 6.07) is 23.3. The standard InChI is InChI=1S/C42H45F3N6O3/c1-30-35(26-36(43)41(45)40(30)44)14-16-39(53)51(29-34-13-15-38(46-27-34)49-23-21-48(22-24-49)31(2)52)37(25-32-9-5-3-6-10-32)42(54)50-19-17-47(18-20-50)28-33-11-7-4-8-12-33/h3-16,26-27,37H,17-25,28-29H2,1-2H3/b16-14+/t37-/m0/s1. The van der Waals surface area contributed by atoms with E-state index in [9.17, 15) is 27.6 Å². The van der Waals surface area contributed by atoms with Gasteiger partial charge in [0.25, 0.3) is 0 Å². The Kier molecular flexibility index (Phi) is 12.4. The van der Waals surface area contributed by atoms with Crippen molar-refractivity contribution >= 4 is 29.6 Å². The zero-order valence-corrected chi connectivity index (χ0v) is 30.6. The van der Waals surface area contributed by atoms with E-state index >= 15 is 0 Å². The number of hydrogen-bond acceptors (Lipinski definition) is 6. The fourth-order valence-corrected chi connectivity index (χ4v) is 6.97. The van der Waals surface area contributed by atoms with Crippen molar-refractivity contribution in [2.24, 2.45) is 0 Å². The fourth-order valence-electron chi connectivity index (χ4n) is 6.97. The van der Waals surface area contributed by atoms with Crippen molar-refractivity contribution in [3.63, 3.8) is 0 Å². The van der Waals surface area contributed by atoms with Crippen LogP contribution in [0, 0.1) is 24.4 Å². The molecule has 0 aliphatic carbocycles. The lowest BCUT2D eigenvalue weighted by atomic mass is 10.0. The van der Waals surface area contributed by atoms with Crippen molar-refractivity contribution in [2.75, 3.05) is 57.3 Å². The third-order valence-electron chi connectivity index (χ3n) is 10.2. The zero-order valence-electron chi connectivity index (χ0n) is 30.6. The van der Waals surface area contributed by atoms with Gasteiger partial charge in [0.15, 0.2) is 17.5 Å². The Morgan fingerprint density at radius 3 is 2.02 bits per heavy atom. The maximum Gasteiger partial charge on any atom is 0.247 e. The minimum absolute atomic E-state index is 0.0102. The highest BCUT2D eigenvalue weighted by molar-refractivity contribution is 5.96. The summed E-state index contributed by atoms with van der Waals surface area (Å²) in [7, 11) is 0. The molecule has 54 heavy (non-hydrogen) atoms. The molecule has 0 saturated carbocycles.